The molecule has 0 aliphatic heterocycles. The molecule has 2 aromatic carbocycles. The molecule has 0 bridgehead atoms. The first kappa shape index (κ1) is 16.5. The van der Waals surface area contributed by atoms with Crippen molar-refractivity contribution in [2.45, 2.75) is 19.8 Å². The first-order chi connectivity index (χ1) is 10.8. The van der Waals surface area contributed by atoms with Crippen LogP contribution >= 0.6 is 11.6 Å². The third-order valence-corrected chi connectivity index (χ3v) is 3.57. The molecule has 0 aliphatic rings. The molecule has 0 unspecified atom stereocenters. The molecular weight excluding hydrogens is 296 g/mol. The molecule has 2 N–H and O–H groups in total. The van der Waals surface area contributed by atoms with Crippen molar-refractivity contribution in [2.75, 3.05) is 30.3 Å². The zero-order valence-electron chi connectivity index (χ0n) is 12.9. The highest BCUT2D eigenvalue weighted by atomic mass is 35.5. The predicted octanol–water partition coefficient (Wildman–Crippen LogP) is 5.04. The summed E-state index contributed by atoms with van der Waals surface area (Å²) in [5.41, 5.74) is 2.03. The fourth-order valence-electron chi connectivity index (χ4n) is 2.04. The first-order valence-corrected chi connectivity index (χ1v) is 8.12. The third kappa shape index (κ3) is 5.49. The number of hydrogen-bond donors (Lipinski definition) is 2. The number of unbranched alkanes of at least 4 members (excludes halogenated alkanes) is 1. The Labute approximate surface area is 137 Å². The van der Waals surface area contributed by atoms with Crippen LogP contribution in [0.1, 0.15) is 19.8 Å². The zero-order valence-corrected chi connectivity index (χ0v) is 13.7. The summed E-state index contributed by atoms with van der Waals surface area (Å²) in [4.78, 5) is 0. The number of hydrogen-bond acceptors (Lipinski definition) is 3. The third-order valence-electron chi connectivity index (χ3n) is 3.24. The second-order valence-electron chi connectivity index (χ2n) is 5.06. The molecule has 0 atom stereocenters. The summed E-state index contributed by atoms with van der Waals surface area (Å²) in [7, 11) is 0. The summed E-state index contributed by atoms with van der Waals surface area (Å²) in [6, 6.07) is 15.8. The van der Waals surface area contributed by atoms with Crippen molar-refractivity contribution in [3.05, 3.63) is 53.6 Å². The molecule has 2 rings (SSSR count). The monoisotopic (exact) mass is 318 g/mol. The molecule has 0 saturated carbocycles. The van der Waals surface area contributed by atoms with E-state index in [1.54, 1.807) is 0 Å². The zero-order chi connectivity index (χ0) is 15.6. The second kappa shape index (κ2) is 9.21. The lowest BCUT2D eigenvalue weighted by molar-refractivity contribution is 0.309. The SMILES string of the molecule is CCCCOc1cccc(NCCNc2ccccc2Cl)c1. The summed E-state index contributed by atoms with van der Waals surface area (Å²) < 4.78 is 5.71. The molecule has 3 nitrogen and oxygen atoms in total. The van der Waals surface area contributed by atoms with Gasteiger partial charge >= 0.3 is 0 Å². The van der Waals surface area contributed by atoms with Crippen molar-refractivity contribution in [2.24, 2.45) is 0 Å². The molecule has 118 valence electrons. The molecular formula is C18H23ClN2O. The highest BCUT2D eigenvalue weighted by molar-refractivity contribution is 6.33. The van der Waals surface area contributed by atoms with E-state index in [1.807, 2.05) is 48.5 Å². The smallest absolute Gasteiger partial charge is 0.121 e. The first-order valence-electron chi connectivity index (χ1n) is 7.74. The van der Waals surface area contributed by atoms with Crippen LogP contribution in [0.3, 0.4) is 0 Å². The standard InChI is InChI=1S/C18H23ClN2O/c1-2-3-13-22-16-8-6-7-15(14-16)20-11-12-21-18-10-5-4-9-17(18)19/h4-10,14,20-21H,2-3,11-13H2,1H3. The summed E-state index contributed by atoms with van der Waals surface area (Å²) in [5.74, 6) is 0.914. The van der Waals surface area contributed by atoms with Gasteiger partial charge in [0.2, 0.25) is 0 Å². The van der Waals surface area contributed by atoms with E-state index in [1.165, 1.54) is 0 Å². The Balaban J connectivity index is 1.75. The van der Waals surface area contributed by atoms with Gasteiger partial charge in [-0.2, -0.15) is 0 Å². The number of ether oxygens (including phenoxy) is 1. The quantitative estimate of drug-likeness (QED) is 0.635. The minimum Gasteiger partial charge on any atom is -0.494 e. The highest BCUT2D eigenvalue weighted by Crippen LogP contribution is 2.20. The molecule has 0 fully saturated rings. The molecule has 4 heteroatoms. The van der Waals surface area contributed by atoms with Gasteiger partial charge in [-0.1, -0.05) is 43.1 Å². The highest BCUT2D eigenvalue weighted by Gasteiger charge is 1.99. The minimum absolute atomic E-state index is 0.744. The second-order valence-corrected chi connectivity index (χ2v) is 5.47. The maximum absolute atomic E-state index is 6.10. The Morgan fingerprint density at radius 3 is 2.64 bits per heavy atom. The van der Waals surface area contributed by atoms with Gasteiger partial charge in [-0.15, -0.1) is 0 Å². The molecule has 0 aromatic heterocycles. The lowest BCUT2D eigenvalue weighted by atomic mass is 10.3. The minimum atomic E-state index is 0.744. The van der Waals surface area contributed by atoms with Crippen LogP contribution in [-0.2, 0) is 0 Å². The maximum atomic E-state index is 6.10. The number of benzene rings is 2. The lowest BCUT2D eigenvalue weighted by Gasteiger charge is -2.11. The van der Waals surface area contributed by atoms with E-state index in [0.29, 0.717) is 0 Å². The summed E-state index contributed by atoms with van der Waals surface area (Å²) in [5, 5.41) is 7.44. The average molecular weight is 319 g/mol. The van der Waals surface area contributed by atoms with Crippen LogP contribution in [0, 0.1) is 0 Å². The molecule has 0 aliphatic carbocycles. The summed E-state index contributed by atoms with van der Waals surface area (Å²) in [6.07, 6.45) is 2.23. The van der Waals surface area contributed by atoms with Crippen LogP contribution < -0.4 is 15.4 Å². The fraction of sp³-hybridized carbons (Fsp3) is 0.333. The Bertz CT molecular complexity index is 575. The number of nitrogens with one attached hydrogen (secondary N) is 2. The molecule has 2 aromatic rings. The lowest BCUT2D eigenvalue weighted by Crippen LogP contribution is -2.13. The van der Waals surface area contributed by atoms with E-state index in [-0.39, 0.29) is 0 Å². The van der Waals surface area contributed by atoms with E-state index in [9.17, 15) is 0 Å². The van der Waals surface area contributed by atoms with E-state index in [4.69, 9.17) is 16.3 Å². The van der Waals surface area contributed by atoms with Gasteiger partial charge < -0.3 is 15.4 Å². The van der Waals surface area contributed by atoms with Crippen molar-refractivity contribution in [3.8, 4) is 5.75 Å². The van der Waals surface area contributed by atoms with Crippen LogP contribution in [0.2, 0.25) is 5.02 Å². The molecule has 0 amide bonds. The fourth-order valence-corrected chi connectivity index (χ4v) is 2.24. The Kier molecular flexibility index (Phi) is 6.91. The maximum Gasteiger partial charge on any atom is 0.121 e. The van der Waals surface area contributed by atoms with Gasteiger partial charge in [0, 0.05) is 24.8 Å². The Morgan fingerprint density at radius 1 is 1.00 bits per heavy atom. The number of rotatable bonds is 9. The van der Waals surface area contributed by atoms with Crippen molar-refractivity contribution >= 4 is 23.0 Å². The molecule has 0 saturated heterocycles. The van der Waals surface area contributed by atoms with Crippen LogP contribution in [0.5, 0.6) is 5.75 Å². The van der Waals surface area contributed by atoms with E-state index in [0.717, 1.165) is 54.7 Å². The van der Waals surface area contributed by atoms with E-state index < -0.39 is 0 Å². The van der Waals surface area contributed by atoms with Gasteiger partial charge in [-0.25, -0.2) is 0 Å². The van der Waals surface area contributed by atoms with Crippen LogP contribution in [0.15, 0.2) is 48.5 Å². The van der Waals surface area contributed by atoms with Gasteiger partial charge in [-0.3, -0.25) is 0 Å². The predicted molar refractivity (Wildman–Crippen MR) is 95.3 cm³/mol. The van der Waals surface area contributed by atoms with Crippen molar-refractivity contribution < 1.29 is 4.74 Å². The normalized spacial score (nSPS) is 10.3. The number of halogens is 1. The molecule has 0 spiro atoms. The molecule has 0 heterocycles. The number of anilines is 2. The molecule has 22 heavy (non-hydrogen) atoms. The topological polar surface area (TPSA) is 33.3 Å². The van der Waals surface area contributed by atoms with Crippen molar-refractivity contribution in [3.63, 3.8) is 0 Å². The Morgan fingerprint density at radius 2 is 1.82 bits per heavy atom. The van der Waals surface area contributed by atoms with Crippen LogP contribution in [-0.4, -0.2) is 19.7 Å². The summed E-state index contributed by atoms with van der Waals surface area (Å²) in [6.45, 7) is 4.54. The molecule has 0 radical (unpaired) electrons. The van der Waals surface area contributed by atoms with Crippen LogP contribution in [0.25, 0.3) is 0 Å². The van der Waals surface area contributed by atoms with Gasteiger partial charge in [0.15, 0.2) is 0 Å². The van der Waals surface area contributed by atoms with E-state index >= 15 is 0 Å². The Hall–Kier alpha value is -1.87. The summed E-state index contributed by atoms with van der Waals surface area (Å²) >= 11 is 6.10. The van der Waals surface area contributed by atoms with Gasteiger partial charge in [0.25, 0.3) is 0 Å². The largest absolute Gasteiger partial charge is 0.494 e. The van der Waals surface area contributed by atoms with Gasteiger partial charge in [-0.05, 0) is 30.7 Å². The average Bonchev–Trinajstić information content (AvgIpc) is 2.54. The van der Waals surface area contributed by atoms with Gasteiger partial charge in [0.05, 0.1) is 17.3 Å². The number of para-hydroxylation sites is 1. The van der Waals surface area contributed by atoms with Crippen molar-refractivity contribution in [1.29, 1.82) is 0 Å². The van der Waals surface area contributed by atoms with Crippen LogP contribution in [0.4, 0.5) is 11.4 Å². The van der Waals surface area contributed by atoms with E-state index in [2.05, 4.69) is 17.6 Å². The van der Waals surface area contributed by atoms with Crippen molar-refractivity contribution in [1.82, 2.24) is 0 Å². The van der Waals surface area contributed by atoms with Gasteiger partial charge in [0.1, 0.15) is 5.75 Å².